The molecule has 10 heteroatoms. The Balaban J connectivity index is 5.94. The van der Waals surface area contributed by atoms with E-state index >= 15 is 0 Å². The third-order valence-electron chi connectivity index (χ3n) is 3.83. The lowest BCUT2D eigenvalue weighted by molar-refractivity contribution is 0.0634. The highest BCUT2D eigenvalue weighted by Crippen LogP contribution is 2.32. The van der Waals surface area contributed by atoms with E-state index in [1.54, 1.807) is 0 Å². The van der Waals surface area contributed by atoms with Crippen LogP contribution in [0, 0.1) is 0 Å². The molecule has 8 nitrogen and oxygen atoms in total. The zero-order valence-corrected chi connectivity index (χ0v) is 16.1. The average Bonchev–Trinajstić information content (AvgIpc) is 2.52. The van der Waals surface area contributed by atoms with Crippen LogP contribution in [0.15, 0.2) is 0 Å². The van der Waals surface area contributed by atoms with Crippen molar-refractivity contribution in [3.8, 4) is 0 Å². The predicted molar refractivity (Wildman–Crippen MR) is 83.4 cm³/mol. The second-order valence-corrected chi connectivity index (χ2v) is 11.0. The van der Waals surface area contributed by atoms with Crippen molar-refractivity contribution in [2.75, 3.05) is 42.7 Å². The molecule has 0 aliphatic heterocycles. The van der Waals surface area contributed by atoms with Crippen molar-refractivity contribution in [1.29, 1.82) is 0 Å². The molecule has 0 saturated heterocycles. The minimum atomic E-state index is -3.27. The van der Waals surface area contributed by atoms with E-state index in [1.165, 1.54) is 42.7 Å². The fourth-order valence-electron chi connectivity index (χ4n) is 2.68. The molecule has 0 aromatic rings. The van der Waals surface area contributed by atoms with Crippen LogP contribution in [-0.4, -0.2) is 71.1 Å². The molecule has 128 valence electrons. The maximum atomic E-state index is 6.63. The van der Waals surface area contributed by atoms with Crippen LogP contribution in [0.2, 0.25) is 0 Å². The Morgan fingerprint density at radius 1 is 0.857 bits per heavy atom. The van der Waals surface area contributed by atoms with Gasteiger partial charge in [-0.2, -0.15) is 0 Å². The number of hydrogen-bond acceptors (Lipinski definition) is 8. The normalized spacial score (nSPS) is 17.6. The Labute approximate surface area is 129 Å². The van der Waals surface area contributed by atoms with Crippen molar-refractivity contribution in [3.05, 3.63) is 0 Å². The monoisotopic (exact) mass is 342 g/mol. The number of hydrogen-bond donors (Lipinski definition) is 2. The lowest BCUT2D eigenvalue weighted by Gasteiger charge is -2.47. The van der Waals surface area contributed by atoms with Crippen molar-refractivity contribution >= 4 is 17.6 Å². The van der Waals surface area contributed by atoms with Gasteiger partial charge in [0.15, 0.2) is 0 Å². The summed E-state index contributed by atoms with van der Waals surface area (Å²) in [5.74, 6) is 0. The molecule has 2 unspecified atom stereocenters. The minimum absolute atomic E-state index is 0.515. The number of nitrogens with two attached hydrogens (primary N) is 2. The van der Waals surface area contributed by atoms with Crippen LogP contribution < -0.4 is 11.5 Å². The van der Waals surface area contributed by atoms with E-state index in [0.717, 1.165) is 6.42 Å². The van der Waals surface area contributed by atoms with Crippen LogP contribution in [0.25, 0.3) is 0 Å². The fourth-order valence-corrected chi connectivity index (χ4v) is 8.35. The largest absolute Gasteiger partial charge is 0.522 e. The van der Waals surface area contributed by atoms with Crippen LogP contribution in [0.1, 0.15) is 19.8 Å². The molecule has 0 rings (SSSR count). The first kappa shape index (κ1) is 21.1. The van der Waals surface area contributed by atoms with Gasteiger partial charge in [-0.15, -0.1) is 0 Å². The van der Waals surface area contributed by atoms with Crippen LogP contribution in [0.3, 0.4) is 0 Å². The van der Waals surface area contributed by atoms with Gasteiger partial charge in [-0.3, -0.25) is 0 Å². The molecule has 0 aliphatic carbocycles. The fraction of sp³-hybridized carbons (Fsp3) is 1.00. The highest BCUT2D eigenvalue weighted by molar-refractivity contribution is 6.70. The van der Waals surface area contributed by atoms with Gasteiger partial charge in [0.2, 0.25) is 0 Å². The van der Waals surface area contributed by atoms with Gasteiger partial charge in [0, 0.05) is 42.7 Å². The SMILES string of the molecule is CCCC(N)(C(N)[Si](OC)(OC)OC)[Si](OC)(OC)OC. The molecule has 0 fully saturated rings. The molecule has 0 spiro atoms. The van der Waals surface area contributed by atoms with Gasteiger partial charge in [0.05, 0.1) is 5.67 Å². The van der Waals surface area contributed by atoms with Crippen molar-refractivity contribution in [2.45, 2.75) is 30.6 Å². The first-order valence-electron chi connectivity index (χ1n) is 6.68. The summed E-state index contributed by atoms with van der Waals surface area (Å²) in [5.41, 5.74) is 12.3. The molecule has 0 aromatic carbocycles. The van der Waals surface area contributed by atoms with E-state index in [9.17, 15) is 0 Å². The Bertz CT molecular complexity index is 288. The van der Waals surface area contributed by atoms with E-state index in [2.05, 4.69) is 0 Å². The maximum absolute atomic E-state index is 6.63. The Kier molecular flexibility index (Phi) is 8.72. The van der Waals surface area contributed by atoms with Crippen molar-refractivity contribution in [1.82, 2.24) is 0 Å². The molecule has 0 saturated carbocycles. The van der Waals surface area contributed by atoms with Crippen molar-refractivity contribution in [2.24, 2.45) is 11.5 Å². The average molecular weight is 343 g/mol. The first-order valence-corrected chi connectivity index (χ1v) is 10.2. The lowest BCUT2D eigenvalue weighted by atomic mass is 10.1. The quantitative estimate of drug-likeness (QED) is 0.490. The van der Waals surface area contributed by atoms with E-state index < -0.39 is 28.4 Å². The zero-order chi connectivity index (χ0) is 16.7. The molecule has 0 bridgehead atoms. The summed E-state index contributed by atoms with van der Waals surface area (Å²) in [5, 5.41) is -1.10. The summed E-state index contributed by atoms with van der Waals surface area (Å²) in [6.07, 6.45) is 1.28. The third-order valence-corrected chi connectivity index (χ3v) is 10.4. The van der Waals surface area contributed by atoms with E-state index in [1.807, 2.05) is 6.92 Å². The topological polar surface area (TPSA) is 107 Å². The first-order chi connectivity index (χ1) is 9.83. The molecular formula is C11H30N2O6Si2. The molecule has 21 heavy (non-hydrogen) atoms. The van der Waals surface area contributed by atoms with Crippen LogP contribution in [0.4, 0.5) is 0 Å². The Morgan fingerprint density at radius 2 is 1.24 bits per heavy atom. The standard InChI is InChI=1S/C11H30N2O6Si2/c1-8-9-11(13,21(17-5,18-6)19-7)10(12)20(14-2,15-3)16-4/h10H,8-9,12-13H2,1-7H3. The summed E-state index contributed by atoms with van der Waals surface area (Å²) in [7, 11) is 2.49. The van der Waals surface area contributed by atoms with Crippen LogP contribution >= 0.6 is 0 Å². The molecule has 0 heterocycles. The highest BCUT2D eigenvalue weighted by Gasteiger charge is 2.67. The van der Waals surface area contributed by atoms with Gasteiger partial charge >= 0.3 is 17.6 Å². The molecule has 0 aromatic heterocycles. The van der Waals surface area contributed by atoms with Gasteiger partial charge < -0.3 is 38.0 Å². The summed E-state index contributed by atoms with van der Waals surface area (Å²) in [6, 6.07) is 0. The third kappa shape index (κ3) is 3.55. The Hall–Kier alpha value is 0.114. The Morgan fingerprint density at radius 3 is 1.48 bits per heavy atom. The summed E-state index contributed by atoms with van der Waals surface area (Å²) in [6.45, 7) is 1.99. The molecule has 0 amide bonds. The van der Waals surface area contributed by atoms with Gasteiger partial charge in [-0.05, 0) is 6.42 Å². The molecule has 0 aliphatic rings. The second-order valence-electron chi connectivity index (χ2n) is 4.65. The smallest absolute Gasteiger partial charge is 0.376 e. The van der Waals surface area contributed by atoms with Gasteiger partial charge in [-0.1, -0.05) is 13.3 Å². The molecule has 0 radical (unpaired) electrons. The van der Waals surface area contributed by atoms with Crippen molar-refractivity contribution < 1.29 is 26.6 Å². The van der Waals surface area contributed by atoms with Crippen molar-refractivity contribution in [3.63, 3.8) is 0 Å². The summed E-state index contributed by atoms with van der Waals surface area (Å²) < 4.78 is 33.0. The molecular weight excluding hydrogens is 312 g/mol. The van der Waals surface area contributed by atoms with E-state index in [4.69, 9.17) is 38.0 Å². The molecule has 2 atom stereocenters. The maximum Gasteiger partial charge on any atom is 0.522 e. The minimum Gasteiger partial charge on any atom is -0.376 e. The summed E-state index contributed by atoms with van der Waals surface area (Å²) >= 11 is 0. The van der Waals surface area contributed by atoms with Gasteiger partial charge in [-0.25, -0.2) is 0 Å². The van der Waals surface area contributed by atoms with E-state index in [-0.39, 0.29) is 0 Å². The van der Waals surface area contributed by atoms with Crippen LogP contribution in [0.5, 0.6) is 0 Å². The van der Waals surface area contributed by atoms with Crippen LogP contribution in [-0.2, 0) is 26.6 Å². The summed E-state index contributed by atoms with van der Waals surface area (Å²) in [4.78, 5) is 0. The van der Waals surface area contributed by atoms with Gasteiger partial charge in [0.25, 0.3) is 0 Å². The van der Waals surface area contributed by atoms with Gasteiger partial charge in [0.1, 0.15) is 5.16 Å². The van der Waals surface area contributed by atoms with E-state index in [0.29, 0.717) is 6.42 Å². The number of rotatable bonds is 11. The lowest BCUT2D eigenvalue weighted by Crippen LogP contribution is -2.82. The second kappa shape index (κ2) is 8.67. The predicted octanol–water partition coefficient (Wildman–Crippen LogP) is -0.354. The zero-order valence-electron chi connectivity index (χ0n) is 14.1. The molecule has 4 N–H and O–H groups in total. The highest BCUT2D eigenvalue weighted by atomic mass is 28.4.